The highest BCUT2D eigenvalue weighted by Crippen LogP contribution is 2.70. The van der Waals surface area contributed by atoms with E-state index in [9.17, 15) is 43.5 Å². The van der Waals surface area contributed by atoms with Gasteiger partial charge in [-0.2, -0.15) is 0 Å². The zero-order valence-electron chi connectivity index (χ0n) is 34.7. The number of rotatable bonds is 8. The van der Waals surface area contributed by atoms with Gasteiger partial charge in [-0.05, 0) is 50.5 Å². The lowest BCUT2D eigenvalue weighted by molar-refractivity contribution is -0.386. The highest BCUT2D eigenvalue weighted by Gasteiger charge is 2.92. The van der Waals surface area contributed by atoms with Crippen LogP contribution in [0.3, 0.4) is 0 Å². The third-order valence-electron chi connectivity index (χ3n) is 11.9. The van der Waals surface area contributed by atoms with Crippen LogP contribution in [0.2, 0.25) is 0 Å². The van der Waals surface area contributed by atoms with E-state index in [4.69, 9.17) is 47.0 Å². The summed E-state index contributed by atoms with van der Waals surface area (Å²) in [6.45, 7) is 7.04. The van der Waals surface area contributed by atoms with E-state index in [1.54, 1.807) is 6.07 Å². The maximum absolute atomic E-state index is 14.3. The zero-order chi connectivity index (χ0) is 44.8. The van der Waals surface area contributed by atoms with Gasteiger partial charge in [-0.3, -0.25) is 33.8 Å². The molecule has 20 nitrogen and oxygen atoms in total. The number of aliphatic hydroxyl groups is 1. The SMILES string of the molecule is CC(=O)OC[C@]12[C@H](OC(C)=O)[C@H](OC(C)=O)[C@@H]3[C@@H](OC(C)=O)[C@@]14O[C@@]3(C)COC(=O)c1cnccc1CC[C@H](C)C(=O)O[C@@H]([C@H](OC(=O)c1ccco1)[C@@H]2OC(C)=O)[C@@]4(C)O. The molecule has 4 heterocycles. The Labute approximate surface area is 348 Å². The Morgan fingerprint density at radius 2 is 1.46 bits per heavy atom. The van der Waals surface area contributed by atoms with Crippen molar-refractivity contribution in [2.75, 3.05) is 13.2 Å². The van der Waals surface area contributed by atoms with Gasteiger partial charge in [0, 0.05) is 47.0 Å². The molecule has 2 saturated carbocycles. The quantitative estimate of drug-likeness (QED) is 0.293. The fourth-order valence-corrected chi connectivity index (χ4v) is 9.56. The van der Waals surface area contributed by atoms with Crippen LogP contribution < -0.4 is 0 Å². The molecule has 0 unspecified atom stereocenters. The van der Waals surface area contributed by atoms with Crippen molar-refractivity contribution in [3.8, 4) is 0 Å². The van der Waals surface area contributed by atoms with Crippen molar-refractivity contribution in [1.82, 2.24) is 4.98 Å². The summed E-state index contributed by atoms with van der Waals surface area (Å²) in [5, 5.41) is 13.6. The summed E-state index contributed by atoms with van der Waals surface area (Å²) in [5.41, 5.74) is -9.96. The molecule has 61 heavy (non-hydrogen) atoms. The standard InChI is InChI=1S/C41H47NO19/c1-19-11-12-25-13-14-42-16-26(25)36(49)54-17-38(7)28-29(55-21(3)44)33(57-23(5)46)40(18-53-20(2)43)34(58-24(6)47)30(59-37(50)27-10-9-15-52-27)32(60-35(19)48)39(8,51)41(40,61-38)31(28)56-22(4)45/h9-10,13-16,19,28-34,51H,11-12,17-18H2,1-8H3/t19-,28+,29+,30-,31+,32-,33+,34-,38-,39+,40+,41-/m0/s1. The lowest BCUT2D eigenvalue weighted by Crippen LogP contribution is -2.89. The van der Waals surface area contributed by atoms with Crippen molar-refractivity contribution in [2.24, 2.45) is 17.3 Å². The van der Waals surface area contributed by atoms with Crippen molar-refractivity contribution >= 4 is 47.8 Å². The fraction of sp³-hybridized carbons (Fsp3) is 0.585. The molecule has 20 heteroatoms. The first kappa shape index (κ1) is 44.7. The highest BCUT2D eigenvalue weighted by atomic mass is 16.7. The summed E-state index contributed by atoms with van der Waals surface area (Å²) in [7, 11) is 0. The van der Waals surface area contributed by atoms with Gasteiger partial charge in [0.15, 0.2) is 30.0 Å². The number of fused-ring (bicyclic) bond motifs is 5. The molecule has 0 aromatic carbocycles. The van der Waals surface area contributed by atoms with Crippen molar-refractivity contribution in [3.63, 3.8) is 0 Å². The Morgan fingerprint density at radius 3 is 2.05 bits per heavy atom. The first-order valence-electron chi connectivity index (χ1n) is 19.4. The van der Waals surface area contributed by atoms with Crippen molar-refractivity contribution in [2.45, 2.75) is 122 Å². The molecule has 3 fully saturated rings. The van der Waals surface area contributed by atoms with Gasteiger partial charge in [0.25, 0.3) is 0 Å². The third-order valence-corrected chi connectivity index (χ3v) is 11.9. The maximum atomic E-state index is 14.3. The number of pyridine rings is 1. The van der Waals surface area contributed by atoms with Crippen LogP contribution in [-0.2, 0) is 77.8 Å². The second-order valence-electron chi connectivity index (χ2n) is 16.1. The summed E-state index contributed by atoms with van der Waals surface area (Å²) >= 11 is 0. The number of hydrogen-bond donors (Lipinski definition) is 1. The topological polar surface area (TPSA) is 266 Å². The Bertz CT molecular complexity index is 2100. The molecule has 1 N–H and O–H groups in total. The van der Waals surface area contributed by atoms with Gasteiger partial charge < -0.3 is 52.2 Å². The lowest BCUT2D eigenvalue weighted by Gasteiger charge is -2.67. The first-order valence-corrected chi connectivity index (χ1v) is 19.4. The molecule has 2 aromatic rings. The van der Waals surface area contributed by atoms with Gasteiger partial charge in [0.05, 0.1) is 23.7 Å². The molecule has 2 aromatic heterocycles. The number of nitrogens with zero attached hydrogens (tertiary/aromatic N) is 1. The number of esters is 8. The molecule has 2 aliphatic carbocycles. The van der Waals surface area contributed by atoms with E-state index >= 15 is 0 Å². The number of furan rings is 1. The summed E-state index contributed by atoms with van der Waals surface area (Å²) in [5.74, 6) is -11.3. The molecule has 1 saturated heterocycles. The molecular formula is C41H47NO19. The van der Waals surface area contributed by atoms with E-state index in [2.05, 4.69) is 4.98 Å². The minimum Gasteiger partial charge on any atom is -0.465 e. The first-order chi connectivity index (χ1) is 28.6. The molecule has 6 rings (SSSR count). The Balaban J connectivity index is 1.77. The molecular weight excluding hydrogens is 810 g/mol. The second-order valence-corrected chi connectivity index (χ2v) is 16.1. The van der Waals surface area contributed by atoms with Crippen LogP contribution in [0.25, 0.3) is 0 Å². The van der Waals surface area contributed by atoms with Gasteiger partial charge in [-0.1, -0.05) is 6.92 Å². The van der Waals surface area contributed by atoms with Gasteiger partial charge in [-0.15, -0.1) is 0 Å². The van der Waals surface area contributed by atoms with Crippen LogP contribution in [0.15, 0.2) is 41.3 Å². The van der Waals surface area contributed by atoms with Crippen LogP contribution >= 0.6 is 0 Å². The number of aryl methyl sites for hydroxylation is 1. The van der Waals surface area contributed by atoms with E-state index in [1.807, 2.05) is 0 Å². The lowest BCUT2D eigenvalue weighted by atomic mass is 9.45. The molecule has 4 bridgehead atoms. The van der Waals surface area contributed by atoms with E-state index in [0.29, 0.717) is 5.56 Å². The number of hydrogen-bond acceptors (Lipinski definition) is 20. The molecule has 0 radical (unpaired) electrons. The summed E-state index contributed by atoms with van der Waals surface area (Å²) in [4.78, 5) is 113. The fourth-order valence-electron chi connectivity index (χ4n) is 9.56. The van der Waals surface area contributed by atoms with Crippen LogP contribution in [0.5, 0.6) is 0 Å². The summed E-state index contributed by atoms with van der Waals surface area (Å²) in [6.07, 6.45) is -8.29. The van der Waals surface area contributed by atoms with Gasteiger partial charge in [0.1, 0.15) is 42.0 Å². The molecule has 12 atom stereocenters. The largest absolute Gasteiger partial charge is 0.465 e. The average molecular weight is 858 g/mol. The van der Waals surface area contributed by atoms with Crippen molar-refractivity contribution in [1.29, 1.82) is 0 Å². The summed E-state index contributed by atoms with van der Waals surface area (Å²) < 4.78 is 60.2. The predicted octanol–water partition coefficient (Wildman–Crippen LogP) is 1.75. The number of ether oxygens (including phenoxy) is 9. The van der Waals surface area contributed by atoms with E-state index in [0.717, 1.165) is 47.8 Å². The molecule has 330 valence electrons. The minimum absolute atomic E-state index is 0.0151. The Kier molecular flexibility index (Phi) is 12.1. The van der Waals surface area contributed by atoms with Gasteiger partial charge in [0.2, 0.25) is 5.76 Å². The Hall–Kier alpha value is -5.89. The normalized spacial score (nSPS) is 35.4. The van der Waals surface area contributed by atoms with Gasteiger partial charge in [-0.25, -0.2) is 9.59 Å². The highest BCUT2D eigenvalue weighted by molar-refractivity contribution is 5.91. The molecule has 1 spiro atoms. The van der Waals surface area contributed by atoms with Crippen LogP contribution in [0, 0.1) is 17.3 Å². The number of carbonyl (C=O) groups excluding carboxylic acids is 8. The number of cyclic esters (lactones) is 1. The van der Waals surface area contributed by atoms with Crippen molar-refractivity contribution in [3.05, 3.63) is 53.7 Å². The molecule has 4 aliphatic rings. The van der Waals surface area contributed by atoms with E-state index in [-0.39, 0.29) is 18.4 Å². The van der Waals surface area contributed by atoms with E-state index < -0.39 is 137 Å². The van der Waals surface area contributed by atoms with Crippen LogP contribution in [-0.4, -0.2) is 124 Å². The van der Waals surface area contributed by atoms with Crippen molar-refractivity contribution < 1.29 is 90.5 Å². The maximum Gasteiger partial charge on any atom is 0.374 e. The van der Waals surface area contributed by atoms with Crippen LogP contribution in [0.1, 0.15) is 88.3 Å². The molecule has 0 amide bonds. The average Bonchev–Trinajstić information content (AvgIpc) is 3.79. The molecule has 2 aliphatic heterocycles. The summed E-state index contributed by atoms with van der Waals surface area (Å²) in [6, 6.07) is 4.14. The van der Waals surface area contributed by atoms with Crippen LogP contribution in [0.4, 0.5) is 0 Å². The number of carbonyl (C=O) groups is 8. The zero-order valence-corrected chi connectivity index (χ0v) is 34.7. The monoisotopic (exact) mass is 857 g/mol. The smallest absolute Gasteiger partial charge is 0.374 e. The number of aromatic nitrogens is 1. The van der Waals surface area contributed by atoms with E-state index in [1.165, 1.54) is 38.4 Å². The predicted molar refractivity (Wildman–Crippen MR) is 197 cm³/mol. The van der Waals surface area contributed by atoms with Gasteiger partial charge >= 0.3 is 47.8 Å². The minimum atomic E-state index is -2.87. The Morgan fingerprint density at radius 1 is 0.836 bits per heavy atom. The second kappa shape index (κ2) is 16.5. The third kappa shape index (κ3) is 7.59.